The van der Waals surface area contributed by atoms with Crippen LogP contribution < -0.4 is 25.6 Å². The summed E-state index contributed by atoms with van der Waals surface area (Å²) in [6, 6.07) is 2.44. The second-order valence-electron chi connectivity index (χ2n) is 11.3. The van der Waals surface area contributed by atoms with Gasteiger partial charge in [-0.25, -0.2) is 0 Å². The van der Waals surface area contributed by atoms with Gasteiger partial charge in [-0.1, -0.05) is 0 Å². The molecule has 0 atom stereocenters. The first kappa shape index (κ1) is 27.1. The normalized spacial score (nSPS) is 22.8. The van der Waals surface area contributed by atoms with E-state index in [4.69, 9.17) is 15.2 Å². The van der Waals surface area contributed by atoms with Gasteiger partial charge in [0.25, 0.3) is 6.08 Å². The molecule has 15 heteroatoms. The van der Waals surface area contributed by atoms with E-state index < -0.39 is 6.08 Å². The summed E-state index contributed by atoms with van der Waals surface area (Å²) in [6.07, 6.45) is 0.360. The maximum Gasteiger partial charge on any atom is 0.323 e. The van der Waals surface area contributed by atoms with Gasteiger partial charge in [0.05, 0.1) is 30.1 Å². The Kier molecular flexibility index (Phi) is 6.94. The van der Waals surface area contributed by atoms with E-state index in [0.29, 0.717) is 49.3 Å². The van der Waals surface area contributed by atoms with Crippen LogP contribution in [0, 0.1) is 16.7 Å². The third-order valence-electron chi connectivity index (χ3n) is 8.54. The van der Waals surface area contributed by atoms with E-state index in [1.165, 1.54) is 16.2 Å². The van der Waals surface area contributed by atoms with E-state index in [1.54, 1.807) is 11.8 Å². The highest BCUT2D eigenvalue weighted by molar-refractivity contribution is 8.00. The molecule has 1 saturated carbocycles. The van der Waals surface area contributed by atoms with Crippen molar-refractivity contribution in [1.29, 1.82) is 5.26 Å². The Morgan fingerprint density at radius 3 is 2.66 bits per heavy atom. The van der Waals surface area contributed by atoms with Crippen LogP contribution in [0.2, 0.25) is 0 Å². The molecule has 0 aromatic carbocycles. The highest BCUT2D eigenvalue weighted by Crippen LogP contribution is 2.57. The van der Waals surface area contributed by atoms with Crippen molar-refractivity contribution in [3.05, 3.63) is 27.8 Å². The van der Waals surface area contributed by atoms with Crippen LogP contribution in [0.15, 0.2) is 11.8 Å². The summed E-state index contributed by atoms with van der Waals surface area (Å²) in [5, 5.41) is 13.3. The molecule has 0 unspecified atom stereocenters. The summed E-state index contributed by atoms with van der Waals surface area (Å²) in [5.41, 5.74) is 7.63. The van der Waals surface area contributed by atoms with E-state index in [1.807, 2.05) is 4.90 Å². The largest absolute Gasteiger partial charge is 0.463 e. The molecule has 4 fully saturated rings. The lowest BCUT2D eigenvalue weighted by molar-refractivity contribution is 0.0231. The summed E-state index contributed by atoms with van der Waals surface area (Å²) >= 11 is 3.29. The minimum Gasteiger partial charge on any atom is -0.463 e. The maximum absolute atomic E-state index is 13.9. The minimum absolute atomic E-state index is 0.0327. The van der Waals surface area contributed by atoms with Crippen LogP contribution in [0.5, 0.6) is 6.01 Å². The number of anilines is 3. The summed E-state index contributed by atoms with van der Waals surface area (Å²) in [5.74, 6) is 1.36. The van der Waals surface area contributed by atoms with Crippen LogP contribution >= 0.6 is 23.1 Å². The zero-order valence-corrected chi connectivity index (χ0v) is 24.1. The lowest BCUT2D eigenvalue weighted by Crippen LogP contribution is -2.57. The van der Waals surface area contributed by atoms with Crippen LogP contribution in [0.25, 0.3) is 0 Å². The number of thioether (sulfide) groups is 1. The zero-order valence-electron chi connectivity index (χ0n) is 22.5. The fourth-order valence-corrected chi connectivity index (χ4v) is 8.89. The number of nitrogens with one attached hydrogen (secondary N) is 1. The second kappa shape index (κ2) is 10.5. The van der Waals surface area contributed by atoms with E-state index >= 15 is 0 Å². The predicted octanol–water partition coefficient (Wildman–Crippen LogP) is 2.36. The first-order valence-corrected chi connectivity index (χ1v) is 15.6. The molecule has 1 aliphatic carbocycles. The van der Waals surface area contributed by atoms with E-state index in [0.717, 1.165) is 61.9 Å². The van der Waals surface area contributed by atoms with Gasteiger partial charge in [0.1, 0.15) is 16.8 Å². The number of aromatic nitrogens is 3. The average Bonchev–Trinajstić information content (AvgIpc) is 3.51. The minimum atomic E-state index is -1.76. The van der Waals surface area contributed by atoms with Gasteiger partial charge in [0, 0.05) is 74.0 Å². The van der Waals surface area contributed by atoms with Gasteiger partial charge in [0.15, 0.2) is 0 Å². The smallest absolute Gasteiger partial charge is 0.323 e. The van der Waals surface area contributed by atoms with Crippen molar-refractivity contribution in [2.24, 2.45) is 5.41 Å². The molecule has 2 aromatic rings. The number of hydrogen-bond acceptors (Lipinski definition) is 13. The van der Waals surface area contributed by atoms with Gasteiger partial charge >= 0.3 is 6.01 Å². The molecule has 0 amide bonds. The van der Waals surface area contributed by atoms with Crippen LogP contribution in [-0.4, -0.2) is 92.0 Å². The molecule has 2 aromatic heterocycles. The molecule has 218 valence electrons. The zero-order chi connectivity index (χ0) is 28.2. The van der Waals surface area contributed by atoms with Crippen molar-refractivity contribution >= 4 is 40.0 Å². The molecule has 5 aliphatic rings. The summed E-state index contributed by atoms with van der Waals surface area (Å²) in [6.45, 7) is 6.73. The standard InChI is InChI=1S/C26H31F2N9O2S2/c27-20(28)17-10-31-3-4-37(17)23-32-22(36-13-26(14-36)19-16(9-29)21(30)41-18(19)11-40-26)33-24(34-23)39-15-25(1-2-25)12-35-5-7-38-8-6-35/h31H,1-8,10-15,30H2. The maximum atomic E-state index is 13.9. The van der Waals surface area contributed by atoms with Gasteiger partial charge in [-0.3, -0.25) is 4.90 Å². The number of halogens is 2. The number of nitrogen functional groups attached to an aromatic ring is 1. The van der Waals surface area contributed by atoms with Gasteiger partial charge in [-0.2, -0.15) is 29.0 Å². The molecule has 6 heterocycles. The Morgan fingerprint density at radius 1 is 1.15 bits per heavy atom. The number of nitrogens with two attached hydrogens (primary N) is 1. The number of hydrogen-bond donors (Lipinski definition) is 2. The molecule has 1 spiro atoms. The lowest BCUT2D eigenvalue weighted by atomic mass is 9.88. The predicted molar refractivity (Wildman–Crippen MR) is 152 cm³/mol. The lowest BCUT2D eigenvalue weighted by Gasteiger charge is -2.47. The number of morpholine rings is 1. The van der Waals surface area contributed by atoms with Crippen LogP contribution in [0.4, 0.5) is 25.7 Å². The number of piperazine rings is 1. The topological polar surface area (TPSA) is 129 Å². The number of fused-ring (bicyclic) bond motifs is 2. The molecule has 11 nitrogen and oxygen atoms in total. The van der Waals surface area contributed by atoms with Gasteiger partial charge < -0.3 is 30.3 Å². The van der Waals surface area contributed by atoms with E-state index in [2.05, 4.69) is 31.2 Å². The van der Waals surface area contributed by atoms with E-state index in [9.17, 15) is 14.0 Å². The quantitative estimate of drug-likeness (QED) is 0.482. The van der Waals surface area contributed by atoms with Crippen molar-refractivity contribution in [2.75, 3.05) is 87.7 Å². The first-order chi connectivity index (χ1) is 19.9. The first-order valence-electron chi connectivity index (χ1n) is 13.8. The number of ether oxygens (including phenoxy) is 2. The van der Waals surface area contributed by atoms with Gasteiger partial charge in [-0.05, 0) is 12.8 Å². The molecule has 7 rings (SSSR count). The number of thiophene rings is 1. The van der Waals surface area contributed by atoms with Crippen LogP contribution in [0.3, 0.4) is 0 Å². The molecule has 0 bridgehead atoms. The van der Waals surface area contributed by atoms with Crippen LogP contribution in [-0.2, 0) is 15.2 Å². The summed E-state index contributed by atoms with van der Waals surface area (Å²) in [4.78, 5) is 20.9. The SMILES string of the molecule is N#Cc1c(N)sc2c1C1(CN(c3nc(OCC4(CN5CCOCC5)CC4)nc(N4CCNCC4=C(F)F)n3)C1)SC2. The molecule has 0 radical (unpaired) electrons. The number of rotatable bonds is 7. The Balaban J connectivity index is 1.15. The highest BCUT2D eigenvalue weighted by atomic mass is 32.2. The average molecular weight is 604 g/mol. The van der Waals surface area contributed by atoms with Crippen molar-refractivity contribution in [3.8, 4) is 12.1 Å². The molecule has 3 N–H and O–H groups in total. The summed E-state index contributed by atoms with van der Waals surface area (Å²) < 4.78 is 39.2. The third-order valence-corrected chi connectivity index (χ3v) is 11.2. The Labute approximate surface area is 244 Å². The van der Waals surface area contributed by atoms with Crippen molar-refractivity contribution in [3.63, 3.8) is 0 Å². The molecule has 4 aliphatic heterocycles. The number of nitriles is 1. The Morgan fingerprint density at radius 2 is 1.93 bits per heavy atom. The molecule has 3 saturated heterocycles. The van der Waals surface area contributed by atoms with Crippen molar-refractivity contribution in [2.45, 2.75) is 23.3 Å². The third kappa shape index (κ3) is 4.99. The van der Waals surface area contributed by atoms with Crippen molar-refractivity contribution in [1.82, 2.24) is 25.2 Å². The summed E-state index contributed by atoms with van der Waals surface area (Å²) in [7, 11) is 0. The Bertz CT molecular complexity index is 1410. The fraction of sp³-hybridized carbons (Fsp3) is 0.615. The number of nitrogens with zero attached hydrogens (tertiary/aromatic N) is 7. The monoisotopic (exact) mass is 603 g/mol. The second-order valence-corrected chi connectivity index (χ2v) is 13.8. The highest BCUT2D eigenvalue weighted by Gasteiger charge is 2.53. The Hall–Kier alpha value is -2.77. The molecular weight excluding hydrogens is 572 g/mol. The molecular formula is C26H31F2N9O2S2. The molecule has 41 heavy (non-hydrogen) atoms. The van der Waals surface area contributed by atoms with Crippen molar-refractivity contribution < 1.29 is 18.3 Å². The van der Waals surface area contributed by atoms with Crippen LogP contribution in [0.1, 0.15) is 28.8 Å². The fourth-order valence-electron chi connectivity index (χ4n) is 6.08. The van der Waals surface area contributed by atoms with E-state index in [-0.39, 0.29) is 34.4 Å². The van der Waals surface area contributed by atoms with Gasteiger partial charge in [-0.15, -0.1) is 23.1 Å². The van der Waals surface area contributed by atoms with Gasteiger partial charge in [0.2, 0.25) is 11.9 Å².